The van der Waals surface area contributed by atoms with E-state index >= 15 is 0 Å². The minimum Gasteiger partial charge on any atom is -0.320 e. The van der Waals surface area contributed by atoms with Crippen LogP contribution in [0.1, 0.15) is 11.6 Å². The summed E-state index contributed by atoms with van der Waals surface area (Å²) in [5.74, 6) is -0.0935. The topological polar surface area (TPSA) is 64.3 Å². The highest BCUT2D eigenvalue weighted by molar-refractivity contribution is 6.32. The standard InChI is InChI=1S/C16H20ClN5O/c1-21-7-9-22(10-8-21)14(12-5-3-2-4-6-12)16(23)19-13-11-18-20-15(13)17/h2-6,11,14H,7-10H2,1H3,(H,18,20)(H,19,23). The van der Waals surface area contributed by atoms with Crippen molar-refractivity contribution in [2.45, 2.75) is 6.04 Å². The predicted molar refractivity (Wildman–Crippen MR) is 90.5 cm³/mol. The van der Waals surface area contributed by atoms with Gasteiger partial charge in [-0.05, 0) is 12.6 Å². The van der Waals surface area contributed by atoms with E-state index in [1.54, 1.807) is 0 Å². The molecule has 7 heteroatoms. The second kappa shape index (κ2) is 7.12. The van der Waals surface area contributed by atoms with E-state index in [0.29, 0.717) is 10.8 Å². The maximum atomic E-state index is 12.9. The van der Waals surface area contributed by atoms with Gasteiger partial charge in [0.05, 0.1) is 11.9 Å². The third kappa shape index (κ3) is 3.72. The molecular weight excluding hydrogens is 314 g/mol. The number of carbonyl (C=O) groups excluding carboxylic acids is 1. The molecule has 0 radical (unpaired) electrons. The molecule has 2 N–H and O–H groups in total. The summed E-state index contributed by atoms with van der Waals surface area (Å²) in [7, 11) is 2.10. The van der Waals surface area contributed by atoms with Crippen molar-refractivity contribution in [3.63, 3.8) is 0 Å². The number of nitrogens with zero attached hydrogens (tertiary/aromatic N) is 3. The van der Waals surface area contributed by atoms with Crippen molar-refractivity contribution < 1.29 is 4.79 Å². The first-order valence-corrected chi connectivity index (χ1v) is 8.00. The molecule has 23 heavy (non-hydrogen) atoms. The molecule has 0 bridgehead atoms. The van der Waals surface area contributed by atoms with Crippen molar-refractivity contribution in [3.8, 4) is 0 Å². The summed E-state index contributed by atoms with van der Waals surface area (Å²) in [6.07, 6.45) is 1.52. The number of likely N-dealkylation sites (N-methyl/N-ethyl adjacent to an activating group) is 1. The molecule has 1 aromatic carbocycles. The number of H-pyrrole nitrogens is 1. The molecule has 1 fully saturated rings. The van der Waals surface area contributed by atoms with Crippen molar-refractivity contribution >= 4 is 23.2 Å². The van der Waals surface area contributed by atoms with Gasteiger partial charge < -0.3 is 10.2 Å². The summed E-state index contributed by atoms with van der Waals surface area (Å²) < 4.78 is 0. The van der Waals surface area contributed by atoms with Crippen molar-refractivity contribution in [2.24, 2.45) is 0 Å². The fourth-order valence-electron chi connectivity index (χ4n) is 2.80. The fraction of sp³-hybridized carbons (Fsp3) is 0.375. The van der Waals surface area contributed by atoms with Gasteiger partial charge in [-0.25, -0.2) is 0 Å². The number of benzene rings is 1. The van der Waals surface area contributed by atoms with Crippen LogP contribution in [0.3, 0.4) is 0 Å². The number of aromatic nitrogens is 2. The second-order valence-electron chi connectivity index (χ2n) is 5.74. The predicted octanol–water partition coefficient (Wildman–Crippen LogP) is 1.99. The Balaban J connectivity index is 1.83. The van der Waals surface area contributed by atoms with E-state index in [4.69, 9.17) is 11.6 Å². The quantitative estimate of drug-likeness (QED) is 0.898. The SMILES string of the molecule is CN1CCN(C(C(=O)Nc2cn[nH]c2Cl)c2ccccc2)CC1. The normalized spacial score (nSPS) is 17.8. The van der Waals surface area contributed by atoms with Gasteiger partial charge in [-0.1, -0.05) is 41.9 Å². The number of amides is 1. The van der Waals surface area contributed by atoms with Crippen LogP contribution in [0.5, 0.6) is 0 Å². The van der Waals surface area contributed by atoms with Crippen LogP contribution in [0.2, 0.25) is 5.15 Å². The molecule has 1 aromatic heterocycles. The molecule has 3 rings (SSSR count). The average molecular weight is 334 g/mol. The lowest BCUT2D eigenvalue weighted by Gasteiger charge is -2.37. The van der Waals surface area contributed by atoms with Crippen LogP contribution in [0.25, 0.3) is 0 Å². The maximum Gasteiger partial charge on any atom is 0.246 e. The Morgan fingerprint density at radius 2 is 1.96 bits per heavy atom. The van der Waals surface area contributed by atoms with Gasteiger partial charge in [-0.3, -0.25) is 14.8 Å². The van der Waals surface area contributed by atoms with Gasteiger partial charge in [0.1, 0.15) is 11.2 Å². The van der Waals surface area contributed by atoms with Gasteiger partial charge in [0.2, 0.25) is 5.91 Å². The van der Waals surface area contributed by atoms with E-state index in [1.165, 1.54) is 6.20 Å². The van der Waals surface area contributed by atoms with Crippen LogP contribution < -0.4 is 5.32 Å². The number of rotatable bonds is 4. The molecule has 1 atom stereocenters. The lowest BCUT2D eigenvalue weighted by atomic mass is 10.0. The maximum absolute atomic E-state index is 12.9. The first-order valence-electron chi connectivity index (χ1n) is 7.62. The molecule has 1 saturated heterocycles. The zero-order valence-electron chi connectivity index (χ0n) is 13.0. The van der Waals surface area contributed by atoms with E-state index < -0.39 is 0 Å². The number of halogens is 1. The van der Waals surface area contributed by atoms with Gasteiger partial charge in [0, 0.05) is 26.2 Å². The molecule has 0 aliphatic carbocycles. The van der Waals surface area contributed by atoms with Crippen molar-refractivity contribution in [3.05, 3.63) is 47.2 Å². The fourth-order valence-corrected chi connectivity index (χ4v) is 2.95. The highest BCUT2D eigenvalue weighted by Gasteiger charge is 2.30. The van der Waals surface area contributed by atoms with Crippen LogP contribution in [0.4, 0.5) is 5.69 Å². The lowest BCUT2D eigenvalue weighted by Crippen LogP contribution is -2.48. The number of hydrogen-bond donors (Lipinski definition) is 2. The van der Waals surface area contributed by atoms with E-state index in [9.17, 15) is 4.79 Å². The molecule has 122 valence electrons. The Kier molecular flexibility index (Phi) is 4.95. The monoisotopic (exact) mass is 333 g/mol. The smallest absolute Gasteiger partial charge is 0.246 e. The zero-order valence-corrected chi connectivity index (χ0v) is 13.8. The summed E-state index contributed by atoms with van der Waals surface area (Å²) >= 11 is 5.99. The van der Waals surface area contributed by atoms with Gasteiger partial charge in [0.15, 0.2) is 0 Å². The number of hydrogen-bond acceptors (Lipinski definition) is 4. The van der Waals surface area contributed by atoms with Crippen molar-refractivity contribution in [1.29, 1.82) is 0 Å². The summed E-state index contributed by atoms with van der Waals surface area (Å²) in [6, 6.07) is 9.50. The third-order valence-corrected chi connectivity index (χ3v) is 4.41. The molecular formula is C16H20ClN5O. The highest BCUT2D eigenvalue weighted by Crippen LogP contribution is 2.25. The second-order valence-corrected chi connectivity index (χ2v) is 6.12. The number of piperazine rings is 1. The summed E-state index contributed by atoms with van der Waals surface area (Å²) in [6.45, 7) is 3.59. The molecule has 2 aromatic rings. The molecule has 0 spiro atoms. The molecule has 1 aliphatic rings. The number of nitrogens with one attached hydrogen (secondary N) is 2. The molecule has 1 amide bonds. The largest absolute Gasteiger partial charge is 0.320 e. The van der Waals surface area contributed by atoms with Crippen LogP contribution >= 0.6 is 11.6 Å². The minimum atomic E-state index is -0.337. The third-order valence-electron chi connectivity index (χ3n) is 4.12. The van der Waals surface area contributed by atoms with Crippen molar-refractivity contribution in [1.82, 2.24) is 20.0 Å². The first-order chi connectivity index (χ1) is 11.1. The Bertz CT molecular complexity index is 652. The highest BCUT2D eigenvalue weighted by atomic mass is 35.5. The van der Waals surface area contributed by atoms with Crippen LogP contribution in [0, 0.1) is 0 Å². The van der Waals surface area contributed by atoms with E-state index in [0.717, 1.165) is 31.7 Å². The number of anilines is 1. The zero-order chi connectivity index (χ0) is 16.2. The van der Waals surface area contributed by atoms with Gasteiger partial charge in [0.25, 0.3) is 0 Å². The Hall–Kier alpha value is -1.89. The summed E-state index contributed by atoms with van der Waals surface area (Å²) in [5, 5.41) is 9.67. The summed E-state index contributed by atoms with van der Waals surface area (Å²) in [5.41, 5.74) is 1.49. The Morgan fingerprint density at radius 3 is 2.57 bits per heavy atom. The Morgan fingerprint density at radius 1 is 1.26 bits per heavy atom. The van der Waals surface area contributed by atoms with Crippen LogP contribution in [0.15, 0.2) is 36.5 Å². The van der Waals surface area contributed by atoms with Crippen LogP contribution in [-0.4, -0.2) is 59.1 Å². The van der Waals surface area contributed by atoms with Gasteiger partial charge in [-0.2, -0.15) is 5.10 Å². The van der Waals surface area contributed by atoms with Gasteiger partial charge in [-0.15, -0.1) is 0 Å². The molecule has 6 nitrogen and oxygen atoms in total. The van der Waals surface area contributed by atoms with E-state index in [-0.39, 0.29) is 11.9 Å². The molecule has 1 unspecified atom stereocenters. The summed E-state index contributed by atoms with van der Waals surface area (Å²) in [4.78, 5) is 17.4. The van der Waals surface area contributed by atoms with Crippen molar-refractivity contribution in [2.75, 3.05) is 38.5 Å². The van der Waals surface area contributed by atoms with Gasteiger partial charge >= 0.3 is 0 Å². The van der Waals surface area contributed by atoms with Crippen LogP contribution in [-0.2, 0) is 4.79 Å². The van der Waals surface area contributed by atoms with E-state index in [1.807, 2.05) is 30.3 Å². The molecule has 1 aliphatic heterocycles. The number of carbonyl (C=O) groups is 1. The van der Waals surface area contributed by atoms with E-state index in [2.05, 4.69) is 32.4 Å². The Labute approximate surface area is 140 Å². The first kappa shape index (κ1) is 16.0. The average Bonchev–Trinajstić information content (AvgIpc) is 2.96. The lowest BCUT2D eigenvalue weighted by molar-refractivity contribution is -0.122. The number of aromatic amines is 1. The molecule has 0 saturated carbocycles. The minimum absolute atomic E-state index is 0.0935. The molecule has 2 heterocycles.